The summed E-state index contributed by atoms with van der Waals surface area (Å²) in [7, 11) is 0. The number of anilines is 1. The molecule has 0 bridgehead atoms. The Morgan fingerprint density at radius 1 is 1.17 bits per heavy atom. The van der Waals surface area contributed by atoms with Crippen molar-refractivity contribution in [3.8, 4) is 5.88 Å². The van der Waals surface area contributed by atoms with Gasteiger partial charge in [0.15, 0.2) is 0 Å². The monoisotopic (exact) mass is 327 g/mol. The molecule has 0 aliphatic carbocycles. The lowest BCUT2D eigenvalue weighted by molar-refractivity contribution is 0.0745. The zero-order chi connectivity index (χ0) is 16.9. The first-order chi connectivity index (χ1) is 11.7. The summed E-state index contributed by atoms with van der Waals surface area (Å²) in [6.07, 6.45) is 3.33. The fourth-order valence-electron chi connectivity index (χ4n) is 2.60. The topological polar surface area (TPSA) is 71.5 Å². The fraction of sp³-hybridized carbons (Fsp3) is 0.412. The summed E-state index contributed by atoms with van der Waals surface area (Å²) in [5, 5.41) is 0. The van der Waals surface area contributed by atoms with Gasteiger partial charge in [0, 0.05) is 50.3 Å². The van der Waals surface area contributed by atoms with Gasteiger partial charge in [-0.2, -0.15) is 4.98 Å². The second-order valence-electron chi connectivity index (χ2n) is 5.60. The molecule has 1 aliphatic rings. The van der Waals surface area contributed by atoms with Gasteiger partial charge in [0.1, 0.15) is 0 Å². The molecule has 7 heteroatoms. The molecular weight excluding hydrogens is 306 g/mol. The van der Waals surface area contributed by atoms with Gasteiger partial charge >= 0.3 is 0 Å². The first-order valence-corrected chi connectivity index (χ1v) is 8.10. The van der Waals surface area contributed by atoms with E-state index in [1.807, 2.05) is 30.9 Å². The summed E-state index contributed by atoms with van der Waals surface area (Å²) < 4.78 is 5.41. The van der Waals surface area contributed by atoms with E-state index in [0.29, 0.717) is 50.2 Å². The smallest absolute Gasteiger partial charge is 0.255 e. The average Bonchev–Trinajstić information content (AvgIpc) is 2.62. The molecule has 3 heterocycles. The number of carbonyl (C=O) groups is 1. The van der Waals surface area contributed by atoms with Crippen molar-refractivity contribution in [3.05, 3.63) is 41.9 Å². The van der Waals surface area contributed by atoms with Gasteiger partial charge in [0.25, 0.3) is 5.91 Å². The molecule has 0 spiro atoms. The summed E-state index contributed by atoms with van der Waals surface area (Å²) in [6, 6.07) is 5.43. The van der Waals surface area contributed by atoms with E-state index >= 15 is 0 Å². The van der Waals surface area contributed by atoms with Crippen molar-refractivity contribution in [2.45, 2.75) is 13.8 Å². The van der Waals surface area contributed by atoms with E-state index in [2.05, 4.69) is 19.9 Å². The number of piperazine rings is 1. The van der Waals surface area contributed by atoms with Crippen LogP contribution >= 0.6 is 0 Å². The maximum atomic E-state index is 12.5. The third-order valence-electron chi connectivity index (χ3n) is 3.92. The highest BCUT2D eigenvalue weighted by atomic mass is 16.5. The largest absolute Gasteiger partial charge is 0.478 e. The maximum Gasteiger partial charge on any atom is 0.255 e. The predicted molar refractivity (Wildman–Crippen MR) is 90.3 cm³/mol. The van der Waals surface area contributed by atoms with Crippen molar-refractivity contribution in [2.24, 2.45) is 0 Å². The quantitative estimate of drug-likeness (QED) is 0.848. The summed E-state index contributed by atoms with van der Waals surface area (Å²) >= 11 is 0. The minimum Gasteiger partial charge on any atom is -0.478 e. The number of rotatable bonds is 4. The number of aromatic nitrogens is 3. The average molecular weight is 327 g/mol. The molecule has 1 aliphatic heterocycles. The van der Waals surface area contributed by atoms with E-state index in [-0.39, 0.29) is 5.91 Å². The Morgan fingerprint density at radius 2 is 1.96 bits per heavy atom. The molecular formula is C17H21N5O2. The van der Waals surface area contributed by atoms with E-state index in [1.54, 1.807) is 18.5 Å². The molecule has 3 rings (SSSR count). The van der Waals surface area contributed by atoms with Crippen molar-refractivity contribution in [1.82, 2.24) is 19.9 Å². The van der Waals surface area contributed by atoms with Crippen molar-refractivity contribution in [1.29, 1.82) is 0 Å². The summed E-state index contributed by atoms with van der Waals surface area (Å²) in [5.41, 5.74) is 1.53. The number of hydrogen-bond donors (Lipinski definition) is 0. The molecule has 7 nitrogen and oxygen atoms in total. The minimum absolute atomic E-state index is 0.0196. The number of ether oxygens (including phenoxy) is 1. The van der Waals surface area contributed by atoms with Gasteiger partial charge in [-0.1, -0.05) is 0 Å². The van der Waals surface area contributed by atoms with Crippen molar-refractivity contribution in [2.75, 3.05) is 37.7 Å². The maximum absolute atomic E-state index is 12.5. The molecule has 0 N–H and O–H groups in total. The Hall–Kier alpha value is -2.70. The van der Waals surface area contributed by atoms with Gasteiger partial charge in [0.05, 0.1) is 12.2 Å². The highest BCUT2D eigenvalue weighted by molar-refractivity contribution is 5.94. The van der Waals surface area contributed by atoms with Gasteiger partial charge in [-0.3, -0.25) is 9.78 Å². The fourth-order valence-corrected chi connectivity index (χ4v) is 2.60. The molecule has 1 amide bonds. The Labute approximate surface area is 141 Å². The molecule has 24 heavy (non-hydrogen) atoms. The second kappa shape index (κ2) is 7.25. The highest BCUT2D eigenvalue weighted by Gasteiger charge is 2.23. The highest BCUT2D eigenvalue weighted by Crippen LogP contribution is 2.16. The van der Waals surface area contributed by atoms with Crippen LogP contribution in [-0.4, -0.2) is 58.5 Å². The molecule has 0 saturated carbocycles. The van der Waals surface area contributed by atoms with E-state index in [4.69, 9.17) is 4.74 Å². The van der Waals surface area contributed by atoms with Gasteiger partial charge in [-0.25, -0.2) is 4.98 Å². The van der Waals surface area contributed by atoms with Gasteiger partial charge in [0.2, 0.25) is 11.8 Å². The van der Waals surface area contributed by atoms with Crippen LogP contribution < -0.4 is 9.64 Å². The lowest BCUT2D eigenvalue weighted by atomic mass is 10.2. The lowest BCUT2D eigenvalue weighted by Gasteiger charge is -2.34. The standard InChI is InChI=1S/C17H21N5O2/c1-3-24-15-6-7-18-17(20-15)22-10-8-21(9-11-22)16(23)14-5-4-13(2)19-12-14/h4-7,12H,3,8-11H2,1-2H3. The van der Waals surface area contributed by atoms with Crippen LogP contribution in [-0.2, 0) is 0 Å². The van der Waals surface area contributed by atoms with Crippen LogP contribution in [0.25, 0.3) is 0 Å². The number of carbonyl (C=O) groups excluding carboxylic acids is 1. The third-order valence-corrected chi connectivity index (χ3v) is 3.92. The zero-order valence-corrected chi connectivity index (χ0v) is 14.0. The number of pyridine rings is 1. The van der Waals surface area contributed by atoms with Gasteiger partial charge in [-0.05, 0) is 26.0 Å². The van der Waals surface area contributed by atoms with Crippen molar-refractivity contribution in [3.63, 3.8) is 0 Å². The van der Waals surface area contributed by atoms with E-state index < -0.39 is 0 Å². The molecule has 126 valence electrons. The van der Waals surface area contributed by atoms with E-state index in [9.17, 15) is 4.79 Å². The van der Waals surface area contributed by atoms with Gasteiger partial charge in [-0.15, -0.1) is 0 Å². The predicted octanol–water partition coefficient (Wildman–Crippen LogP) is 1.54. The molecule has 2 aromatic heterocycles. The Bertz CT molecular complexity index is 696. The normalized spacial score (nSPS) is 14.6. The van der Waals surface area contributed by atoms with E-state index in [1.165, 1.54) is 0 Å². The first kappa shape index (κ1) is 16.2. The number of aryl methyl sites for hydroxylation is 1. The Kier molecular flexibility index (Phi) is 4.88. The molecule has 0 atom stereocenters. The minimum atomic E-state index is 0.0196. The molecule has 0 unspecified atom stereocenters. The van der Waals surface area contributed by atoms with Crippen LogP contribution in [0.2, 0.25) is 0 Å². The van der Waals surface area contributed by atoms with Crippen LogP contribution in [0.3, 0.4) is 0 Å². The van der Waals surface area contributed by atoms with Crippen LogP contribution in [0.5, 0.6) is 5.88 Å². The first-order valence-electron chi connectivity index (χ1n) is 8.10. The molecule has 1 saturated heterocycles. The number of amides is 1. The SMILES string of the molecule is CCOc1ccnc(N2CCN(C(=O)c3ccc(C)nc3)CC2)n1. The van der Waals surface area contributed by atoms with Crippen molar-refractivity contribution < 1.29 is 9.53 Å². The lowest BCUT2D eigenvalue weighted by Crippen LogP contribution is -2.49. The Balaban J connectivity index is 1.62. The van der Waals surface area contributed by atoms with Crippen LogP contribution in [0, 0.1) is 6.92 Å². The summed E-state index contributed by atoms with van der Waals surface area (Å²) in [5.74, 6) is 1.24. The number of nitrogens with zero attached hydrogens (tertiary/aromatic N) is 5. The number of hydrogen-bond acceptors (Lipinski definition) is 6. The summed E-state index contributed by atoms with van der Waals surface area (Å²) in [6.45, 7) is 7.06. The van der Waals surface area contributed by atoms with Gasteiger partial charge < -0.3 is 14.5 Å². The van der Waals surface area contributed by atoms with Crippen LogP contribution in [0.15, 0.2) is 30.6 Å². The van der Waals surface area contributed by atoms with Crippen LogP contribution in [0.4, 0.5) is 5.95 Å². The van der Waals surface area contributed by atoms with Crippen LogP contribution in [0.1, 0.15) is 23.0 Å². The Morgan fingerprint density at radius 3 is 2.62 bits per heavy atom. The van der Waals surface area contributed by atoms with E-state index in [0.717, 1.165) is 5.69 Å². The molecule has 1 fully saturated rings. The van der Waals surface area contributed by atoms with Crippen molar-refractivity contribution >= 4 is 11.9 Å². The molecule has 0 aromatic carbocycles. The summed E-state index contributed by atoms with van der Waals surface area (Å²) in [4.78, 5) is 29.3. The molecule has 0 radical (unpaired) electrons. The zero-order valence-electron chi connectivity index (χ0n) is 14.0. The third kappa shape index (κ3) is 3.61. The molecule has 2 aromatic rings. The second-order valence-corrected chi connectivity index (χ2v) is 5.60.